The lowest BCUT2D eigenvalue weighted by Crippen LogP contribution is -2.54. The molecule has 1 heteroatoms. The second-order valence-electron chi connectivity index (χ2n) is 9.95. The highest BCUT2D eigenvalue weighted by atomic mass is 16.3. The number of aliphatic hydroxyl groups is 1. The van der Waals surface area contributed by atoms with E-state index in [1.54, 1.807) is 0 Å². The molecular weight excluding hydrogens is 280 g/mol. The highest BCUT2D eigenvalue weighted by molar-refractivity contribution is 5.10. The summed E-state index contributed by atoms with van der Waals surface area (Å²) >= 11 is 0. The Hall–Kier alpha value is -0.0400. The van der Waals surface area contributed by atoms with E-state index in [0.717, 1.165) is 23.7 Å². The average molecular weight is 319 g/mol. The second-order valence-corrected chi connectivity index (χ2v) is 9.95. The molecule has 8 unspecified atom stereocenters. The second kappa shape index (κ2) is 5.75. The van der Waals surface area contributed by atoms with E-state index in [-0.39, 0.29) is 6.10 Å². The zero-order valence-corrected chi connectivity index (χ0v) is 15.7. The normalized spacial score (nSPS) is 54.0. The Morgan fingerprint density at radius 2 is 1.78 bits per heavy atom. The molecule has 4 rings (SSSR count). The lowest BCUT2D eigenvalue weighted by Gasteiger charge is -2.61. The third-order valence-corrected chi connectivity index (χ3v) is 9.61. The van der Waals surface area contributed by atoms with Crippen LogP contribution in [0, 0.1) is 40.4 Å². The van der Waals surface area contributed by atoms with E-state index in [1.807, 2.05) is 0 Å². The minimum Gasteiger partial charge on any atom is -0.393 e. The fourth-order valence-corrected chi connectivity index (χ4v) is 8.57. The van der Waals surface area contributed by atoms with Gasteiger partial charge in [0.15, 0.2) is 0 Å². The van der Waals surface area contributed by atoms with Crippen molar-refractivity contribution in [3.8, 4) is 0 Å². The molecular formula is C22H38O. The Morgan fingerprint density at radius 3 is 2.52 bits per heavy atom. The maximum atomic E-state index is 10.4. The van der Waals surface area contributed by atoms with Crippen molar-refractivity contribution in [3.63, 3.8) is 0 Å². The van der Waals surface area contributed by atoms with Crippen LogP contribution in [0.4, 0.5) is 0 Å². The molecule has 23 heavy (non-hydrogen) atoms. The summed E-state index contributed by atoms with van der Waals surface area (Å²) < 4.78 is 0. The van der Waals surface area contributed by atoms with Gasteiger partial charge in [0.25, 0.3) is 0 Å². The first-order valence-corrected chi connectivity index (χ1v) is 10.7. The smallest absolute Gasteiger partial charge is 0.0545 e. The van der Waals surface area contributed by atoms with Gasteiger partial charge < -0.3 is 5.11 Å². The van der Waals surface area contributed by atoms with Crippen LogP contribution in [0.3, 0.4) is 0 Å². The van der Waals surface area contributed by atoms with E-state index < -0.39 is 0 Å². The molecule has 4 aliphatic carbocycles. The van der Waals surface area contributed by atoms with Gasteiger partial charge in [0.1, 0.15) is 0 Å². The van der Waals surface area contributed by atoms with E-state index >= 15 is 0 Å². The van der Waals surface area contributed by atoms with Crippen LogP contribution < -0.4 is 0 Å². The van der Waals surface area contributed by atoms with E-state index in [2.05, 4.69) is 20.8 Å². The number of hydrogen-bond acceptors (Lipinski definition) is 1. The van der Waals surface area contributed by atoms with Crippen molar-refractivity contribution in [1.29, 1.82) is 0 Å². The molecule has 132 valence electrons. The topological polar surface area (TPSA) is 20.2 Å². The first-order chi connectivity index (χ1) is 11.0. The lowest BCUT2D eigenvalue weighted by atomic mass is 9.44. The van der Waals surface area contributed by atoms with Crippen LogP contribution >= 0.6 is 0 Å². The summed E-state index contributed by atoms with van der Waals surface area (Å²) in [6.45, 7) is 7.16. The van der Waals surface area contributed by atoms with Gasteiger partial charge in [0.05, 0.1) is 6.10 Å². The predicted molar refractivity (Wildman–Crippen MR) is 96.1 cm³/mol. The summed E-state index contributed by atoms with van der Waals surface area (Å²) in [6, 6.07) is 0. The molecule has 0 aromatic heterocycles. The van der Waals surface area contributed by atoms with Crippen molar-refractivity contribution < 1.29 is 5.11 Å². The lowest BCUT2D eigenvalue weighted by molar-refractivity contribution is -0.125. The summed E-state index contributed by atoms with van der Waals surface area (Å²) in [5.41, 5.74) is 1.14. The SMILES string of the molecule is CCC12CCC3C(CCC4CCCCC43C)C1CCC2C(C)O. The molecule has 8 atom stereocenters. The van der Waals surface area contributed by atoms with Crippen LogP contribution in [0.5, 0.6) is 0 Å². The van der Waals surface area contributed by atoms with Gasteiger partial charge in [-0.05, 0) is 105 Å². The first kappa shape index (κ1) is 16.4. The molecule has 0 aliphatic heterocycles. The molecule has 0 radical (unpaired) electrons. The molecule has 0 amide bonds. The van der Waals surface area contributed by atoms with Crippen LogP contribution in [0.15, 0.2) is 0 Å². The van der Waals surface area contributed by atoms with Gasteiger partial charge in [-0.25, -0.2) is 0 Å². The summed E-state index contributed by atoms with van der Waals surface area (Å²) in [5.74, 6) is 4.51. The maximum Gasteiger partial charge on any atom is 0.0545 e. The Kier molecular flexibility index (Phi) is 4.11. The largest absolute Gasteiger partial charge is 0.393 e. The van der Waals surface area contributed by atoms with Crippen molar-refractivity contribution in [1.82, 2.24) is 0 Å². The van der Waals surface area contributed by atoms with Crippen LogP contribution in [0.25, 0.3) is 0 Å². The number of fused-ring (bicyclic) bond motifs is 5. The molecule has 0 saturated heterocycles. The average Bonchev–Trinajstić information content (AvgIpc) is 2.94. The Morgan fingerprint density at radius 1 is 0.957 bits per heavy atom. The van der Waals surface area contributed by atoms with Gasteiger partial charge in [0.2, 0.25) is 0 Å². The number of aliphatic hydroxyl groups excluding tert-OH is 1. The molecule has 0 bridgehead atoms. The van der Waals surface area contributed by atoms with Crippen LogP contribution in [-0.4, -0.2) is 11.2 Å². The molecule has 0 heterocycles. The van der Waals surface area contributed by atoms with Gasteiger partial charge in [-0.2, -0.15) is 0 Å². The molecule has 1 nitrogen and oxygen atoms in total. The zero-order valence-electron chi connectivity index (χ0n) is 15.7. The highest BCUT2D eigenvalue weighted by Crippen LogP contribution is 2.68. The summed E-state index contributed by atoms with van der Waals surface area (Å²) in [4.78, 5) is 0. The van der Waals surface area contributed by atoms with Gasteiger partial charge >= 0.3 is 0 Å². The number of hydrogen-bond donors (Lipinski definition) is 1. The molecule has 4 saturated carbocycles. The predicted octanol–water partition coefficient (Wildman–Crippen LogP) is 5.81. The quantitative estimate of drug-likeness (QED) is 0.681. The van der Waals surface area contributed by atoms with Gasteiger partial charge in [0, 0.05) is 0 Å². The van der Waals surface area contributed by atoms with Crippen molar-refractivity contribution in [2.75, 3.05) is 0 Å². The Bertz CT molecular complexity index is 443. The standard InChI is InChI=1S/C22H38O/c1-4-22-14-12-19-17(20(22)11-10-18(22)15(2)23)9-8-16-7-5-6-13-21(16,19)3/h15-20,23H,4-14H2,1-3H3. The molecule has 4 aliphatic rings. The molecule has 0 aromatic carbocycles. The monoisotopic (exact) mass is 318 g/mol. The van der Waals surface area contributed by atoms with E-state index in [0.29, 0.717) is 16.7 Å². The molecule has 1 N–H and O–H groups in total. The number of rotatable bonds is 2. The maximum absolute atomic E-state index is 10.4. The summed E-state index contributed by atoms with van der Waals surface area (Å²) in [6.07, 6.45) is 15.8. The minimum atomic E-state index is -0.0990. The Balaban J connectivity index is 1.64. The fourth-order valence-electron chi connectivity index (χ4n) is 8.57. The van der Waals surface area contributed by atoms with Gasteiger partial charge in [-0.15, -0.1) is 0 Å². The zero-order chi connectivity index (χ0) is 16.2. The van der Waals surface area contributed by atoms with Crippen molar-refractivity contribution in [2.24, 2.45) is 40.4 Å². The molecule has 0 aromatic rings. The van der Waals surface area contributed by atoms with E-state index in [4.69, 9.17) is 0 Å². The van der Waals surface area contributed by atoms with Crippen molar-refractivity contribution in [3.05, 3.63) is 0 Å². The van der Waals surface area contributed by atoms with Crippen molar-refractivity contribution >= 4 is 0 Å². The van der Waals surface area contributed by atoms with E-state index in [1.165, 1.54) is 70.6 Å². The summed E-state index contributed by atoms with van der Waals surface area (Å²) in [5, 5.41) is 10.4. The Labute approximate surface area is 143 Å². The third kappa shape index (κ3) is 2.21. The van der Waals surface area contributed by atoms with Crippen LogP contribution in [-0.2, 0) is 0 Å². The highest BCUT2D eigenvalue weighted by Gasteiger charge is 2.61. The van der Waals surface area contributed by atoms with Crippen LogP contribution in [0.1, 0.15) is 91.4 Å². The van der Waals surface area contributed by atoms with E-state index in [9.17, 15) is 5.11 Å². The minimum absolute atomic E-state index is 0.0990. The molecule has 0 spiro atoms. The summed E-state index contributed by atoms with van der Waals surface area (Å²) in [7, 11) is 0. The van der Waals surface area contributed by atoms with Crippen molar-refractivity contribution in [2.45, 2.75) is 97.5 Å². The fraction of sp³-hybridized carbons (Fsp3) is 1.00. The van der Waals surface area contributed by atoms with Gasteiger partial charge in [-0.3, -0.25) is 0 Å². The van der Waals surface area contributed by atoms with Crippen LogP contribution in [0.2, 0.25) is 0 Å². The van der Waals surface area contributed by atoms with Gasteiger partial charge in [-0.1, -0.05) is 26.7 Å². The molecule has 4 fully saturated rings. The first-order valence-electron chi connectivity index (χ1n) is 10.7. The third-order valence-electron chi connectivity index (χ3n) is 9.61.